The van der Waals surface area contributed by atoms with Gasteiger partial charge in [0.25, 0.3) is 0 Å². The van der Waals surface area contributed by atoms with Crippen LogP contribution in [0.25, 0.3) is 0 Å². The first-order valence-corrected chi connectivity index (χ1v) is 10.3. The second-order valence-corrected chi connectivity index (χ2v) is 6.87. The zero-order chi connectivity index (χ0) is 19.3. The van der Waals surface area contributed by atoms with E-state index in [0.717, 1.165) is 36.7 Å². The van der Waals surface area contributed by atoms with Gasteiger partial charge in [-0.05, 0) is 38.1 Å². The van der Waals surface area contributed by atoms with Crippen LogP contribution in [0.4, 0.5) is 0 Å². The molecule has 0 aromatic carbocycles. The second kappa shape index (κ2) is 12.5. The van der Waals surface area contributed by atoms with Crippen LogP contribution in [0.2, 0.25) is 0 Å². The molecule has 0 atom stereocenters. The molecule has 0 N–H and O–H groups in total. The van der Waals surface area contributed by atoms with Crippen LogP contribution in [0.1, 0.15) is 25.7 Å². The molecule has 0 aromatic heterocycles. The summed E-state index contributed by atoms with van der Waals surface area (Å²) in [5.41, 5.74) is 0.809. The lowest BCUT2D eigenvalue weighted by atomic mass is 10.1. The zero-order valence-electron chi connectivity index (χ0n) is 16.6. The van der Waals surface area contributed by atoms with E-state index in [1.54, 1.807) is 6.26 Å². The van der Waals surface area contributed by atoms with Crippen molar-refractivity contribution in [3.63, 3.8) is 0 Å². The Labute approximate surface area is 168 Å². The average Bonchev–Trinajstić information content (AvgIpc) is 2.74. The quantitative estimate of drug-likeness (QED) is 0.643. The Morgan fingerprint density at radius 1 is 0.821 bits per heavy atom. The molecule has 154 valence electrons. The topological polar surface area (TPSA) is 49.4 Å². The van der Waals surface area contributed by atoms with E-state index in [2.05, 4.69) is 16.7 Å². The predicted octanol–water partition coefficient (Wildman–Crippen LogP) is 2.63. The second-order valence-electron chi connectivity index (χ2n) is 6.87. The van der Waals surface area contributed by atoms with Crippen molar-refractivity contribution in [3.05, 3.63) is 35.5 Å². The van der Waals surface area contributed by atoms with E-state index in [4.69, 9.17) is 23.7 Å². The first kappa shape index (κ1) is 20.8. The molecule has 0 unspecified atom stereocenters. The predicted molar refractivity (Wildman–Crippen MR) is 106 cm³/mol. The van der Waals surface area contributed by atoms with E-state index >= 15 is 0 Å². The van der Waals surface area contributed by atoms with Crippen molar-refractivity contribution in [1.82, 2.24) is 4.90 Å². The van der Waals surface area contributed by atoms with Gasteiger partial charge in [-0.2, -0.15) is 0 Å². The fourth-order valence-corrected chi connectivity index (χ4v) is 3.19. The smallest absolute Gasteiger partial charge is 0.157 e. The van der Waals surface area contributed by atoms with Crippen LogP contribution in [0.5, 0.6) is 0 Å². The number of likely N-dealkylation sites (tertiary alicyclic amines) is 1. The number of nitrogens with zero attached hydrogens (tertiary/aromatic N) is 1. The van der Waals surface area contributed by atoms with E-state index < -0.39 is 0 Å². The molecule has 3 heterocycles. The van der Waals surface area contributed by atoms with Crippen molar-refractivity contribution in [2.24, 2.45) is 0 Å². The van der Waals surface area contributed by atoms with Crippen molar-refractivity contribution in [1.29, 1.82) is 0 Å². The van der Waals surface area contributed by atoms with Gasteiger partial charge in [0.15, 0.2) is 5.76 Å². The van der Waals surface area contributed by atoms with Gasteiger partial charge in [0, 0.05) is 6.42 Å². The summed E-state index contributed by atoms with van der Waals surface area (Å²) in [5, 5.41) is 0. The molecule has 1 fully saturated rings. The third kappa shape index (κ3) is 7.59. The highest BCUT2D eigenvalue weighted by Crippen LogP contribution is 2.19. The highest BCUT2D eigenvalue weighted by atomic mass is 16.6. The lowest BCUT2D eigenvalue weighted by Crippen LogP contribution is -2.29. The van der Waals surface area contributed by atoms with Gasteiger partial charge in [-0.25, -0.2) is 0 Å². The lowest BCUT2D eigenvalue weighted by Gasteiger charge is -2.23. The minimum atomic E-state index is 0.485. The fraction of sp³-hybridized carbons (Fsp3) is 0.636. The molecule has 3 rings (SSSR count). The third-order valence-corrected chi connectivity index (χ3v) is 4.69. The molecule has 6 nitrogen and oxygen atoms in total. The van der Waals surface area contributed by atoms with Gasteiger partial charge in [-0.3, -0.25) is 4.90 Å². The van der Waals surface area contributed by atoms with Gasteiger partial charge in [0.1, 0.15) is 25.6 Å². The van der Waals surface area contributed by atoms with E-state index in [1.165, 1.54) is 19.3 Å². The Bertz CT molecular complexity index is 623. The minimum Gasteiger partial charge on any atom is -0.497 e. The Hall–Kier alpha value is -1.94. The first-order chi connectivity index (χ1) is 13.9. The Kier molecular flexibility index (Phi) is 9.28. The van der Waals surface area contributed by atoms with Gasteiger partial charge in [-0.15, -0.1) is 0 Å². The molecular formula is C22H31NO5. The molecule has 28 heavy (non-hydrogen) atoms. The van der Waals surface area contributed by atoms with Crippen LogP contribution in [0.15, 0.2) is 35.5 Å². The third-order valence-electron chi connectivity index (χ3n) is 4.69. The van der Waals surface area contributed by atoms with Crippen LogP contribution < -0.4 is 0 Å². The molecule has 3 aliphatic heterocycles. The van der Waals surface area contributed by atoms with E-state index in [1.807, 2.05) is 12.2 Å². The van der Waals surface area contributed by atoms with Crippen LogP contribution in [-0.2, 0) is 23.7 Å². The van der Waals surface area contributed by atoms with Crippen LogP contribution >= 0.6 is 0 Å². The summed E-state index contributed by atoms with van der Waals surface area (Å²) in [6.07, 6.45) is 10.1. The van der Waals surface area contributed by atoms with Crippen molar-refractivity contribution in [3.8, 4) is 11.8 Å². The Balaban J connectivity index is 1.68. The summed E-state index contributed by atoms with van der Waals surface area (Å²) in [6.45, 7) is 6.89. The molecule has 0 aliphatic carbocycles. The van der Waals surface area contributed by atoms with Crippen LogP contribution in [-0.4, -0.2) is 70.8 Å². The molecule has 3 aliphatic rings. The maximum atomic E-state index is 5.78. The minimum absolute atomic E-state index is 0.485. The number of hydrogen-bond acceptors (Lipinski definition) is 6. The highest BCUT2D eigenvalue weighted by Gasteiger charge is 2.13. The molecule has 0 radical (unpaired) electrons. The largest absolute Gasteiger partial charge is 0.497 e. The van der Waals surface area contributed by atoms with E-state index in [9.17, 15) is 0 Å². The summed E-state index contributed by atoms with van der Waals surface area (Å²) >= 11 is 0. The van der Waals surface area contributed by atoms with Crippen molar-refractivity contribution >= 4 is 0 Å². The van der Waals surface area contributed by atoms with Crippen LogP contribution in [0.3, 0.4) is 0 Å². The summed E-state index contributed by atoms with van der Waals surface area (Å²) < 4.78 is 28.3. The van der Waals surface area contributed by atoms with Gasteiger partial charge in [-0.1, -0.05) is 18.3 Å². The van der Waals surface area contributed by atoms with Crippen molar-refractivity contribution in [2.45, 2.75) is 25.7 Å². The fourth-order valence-electron chi connectivity index (χ4n) is 3.19. The number of hydrogen-bond donors (Lipinski definition) is 0. The first-order valence-electron chi connectivity index (χ1n) is 10.3. The Morgan fingerprint density at radius 3 is 2.50 bits per heavy atom. The Morgan fingerprint density at radius 2 is 1.61 bits per heavy atom. The number of allylic oxidation sites excluding steroid dienone is 3. The summed E-state index contributed by atoms with van der Waals surface area (Å²) in [6, 6.07) is 0. The molecule has 0 spiro atoms. The molecule has 0 bridgehead atoms. The van der Waals surface area contributed by atoms with Gasteiger partial charge < -0.3 is 23.7 Å². The maximum absolute atomic E-state index is 5.78. The van der Waals surface area contributed by atoms with Gasteiger partial charge in [0.05, 0.1) is 44.8 Å². The zero-order valence-corrected chi connectivity index (χ0v) is 16.6. The number of rotatable bonds is 1. The van der Waals surface area contributed by atoms with Crippen LogP contribution in [0, 0.1) is 11.8 Å². The normalized spacial score (nSPS) is 25.8. The van der Waals surface area contributed by atoms with Gasteiger partial charge in [0.2, 0.25) is 0 Å². The SMILES string of the molecule is C(#CC1=C/OCCOCCOCCC2=C(/C=C\1)OCCO2)CN1CCCCC1. The van der Waals surface area contributed by atoms with Gasteiger partial charge >= 0.3 is 0 Å². The lowest BCUT2D eigenvalue weighted by molar-refractivity contribution is 0.0215. The summed E-state index contributed by atoms with van der Waals surface area (Å²) in [7, 11) is 0. The van der Waals surface area contributed by atoms with E-state index in [-0.39, 0.29) is 0 Å². The number of ether oxygens (including phenoxy) is 5. The number of piperidine rings is 1. The summed E-state index contributed by atoms with van der Waals surface area (Å²) in [4.78, 5) is 2.40. The summed E-state index contributed by atoms with van der Waals surface area (Å²) in [5.74, 6) is 8.07. The molecule has 0 aromatic rings. The molecule has 6 heteroatoms. The van der Waals surface area contributed by atoms with Crippen molar-refractivity contribution < 1.29 is 23.7 Å². The van der Waals surface area contributed by atoms with Crippen molar-refractivity contribution in [2.75, 3.05) is 65.9 Å². The molecule has 1 saturated heterocycles. The standard InChI is InChI=1S/C22H31NO5/c1-2-9-23(10-3-1)11-4-5-20-6-7-21-22(28-18-17-27-21)8-12-24-13-14-25-15-16-26-19-20/h6-7,19H,1-3,8-18H2/b7-6-,20-19-. The molecule has 0 saturated carbocycles. The highest BCUT2D eigenvalue weighted by molar-refractivity contribution is 5.39. The molecule has 0 amide bonds. The van der Waals surface area contributed by atoms with E-state index in [0.29, 0.717) is 52.7 Å². The maximum Gasteiger partial charge on any atom is 0.157 e. The average molecular weight is 389 g/mol. The molecular weight excluding hydrogens is 358 g/mol. The monoisotopic (exact) mass is 389 g/mol.